The first-order valence-electron chi connectivity index (χ1n) is 8.86. The van der Waals surface area contributed by atoms with Crippen molar-refractivity contribution < 1.29 is 18.7 Å². The number of H-pyrrole nitrogens is 1. The molecule has 0 atom stereocenters. The van der Waals surface area contributed by atoms with Crippen molar-refractivity contribution in [3.8, 4) is 0 Å². The number of aryl methyl sites for hydroxylation is 1. The summed E-state index contributed by atoms with van der Waals surface area (Å²) in [7, 11) is 0. The third-order valence-corrected chi connectivity index (χ3v) is 4.39. The van der Waals surface area contributed by atoms with Crippen LogP contribution >= 0.6 is 0 Å². The number of aromatic amines is 1. The lowest BCUT2D eigenvalue weighted by molar-refractivity contribution is 0.0273. The van der Waals surface area contributed by atoms with Gasteiger partial charge >= 0.3 is 6.09 Å². The Balaban J connectivity index is 2.02. The van der Waals surface area contributed by atoms with E-state index in [2.05, 4.69) is 4.98 Å². The second-order valence-electron chi connectivity index (χ2n) is 7.81. The topological polar surface area (TPSA) is 88.4 Å². The number of fused-ring (bicyclic) bond motifs is 1. The number of nitrogens with one attached hydrogen (secondary N) is 1. The van der Waals surface area contributed by atoms with Gasteiger partial charge < -0.3 is 20.4 Å². The number of primary amides is 1. The summed E-state index contributed by atoms with van der Waals surface area (Å²) in [6.45, 7) is 7.99. The molecule has 27 heavy (non-hydrogen) atoms. The molecule has 2 aromatic rings. The molecule has 0 unspecified atom stereocenters. The van der Waals surface area contributed by atoms with Crippen LogP contribution in [-0.4, -0.2) is 40.6 Å². The maximum absolute atomic E-state index is 14.9. The fourth-order valence-corrected chi connectivity index (χ4v) is 3.33. The van der Waals surface area contributed by atoms with Crippen LogP contribution in [-0.2, 0) is 4.74 Å². The highest BCUT2D eigenvalue weighted by molar-refractivity contribution is 6.08. The number of amides is 2. The molecule has 1 aromatic carbocycles. The van der Waals surface area contributed by atoms with Crippen LogP contribution in [0.5, 0.6) is 0 Å². The Hall–Kier alpha value is -2.83. The molecule has 2 amide bonds. The number of aromatic nitrogens is 1. The summed E-state index contributed by atoms with van der Waals surface area (Å²) in [5, 5.41) is 0.582. The van der Waals surface area contributed by atoms with E-state index >= 15 is 0 Å². The zero-order valence-electron chi connectivity index (χ0n) is 16.0. The summed E-state index contributed by atoms with van der Waals surface area (Å²) in [5.74, 6) is -1.23. The van der Waals surface area contributed by atoms with Crippen LogP contribution in [0.25, 0.3) is 16.5 Å². The second kappa shape index (κ2) is 6.72. The molecule has 0 spiro atoms. The van der Waals surface area contributed by atoms with Crippen LogP contribution < -0.4 is 5.73 Å². The van der Waals surface area contributed by atoms with Gasteiger partial charge in [-0.15, -0.1) is 0 Å². The average Bonchev–Trinajstić information content (AvgIpc) is 2.93. The molecule has 6 nitrogen and oxygen atoms in total. The average molecular weight is 373 g/mol. The van der Waals surface area contributed by atoms with E-state index < -0.39 is 23.4 Å². The highest BCUT2D eigenvalue weighted by Crippen LogP contribution is 2.33. The van der Waals surface area contributed by atoms with E-state index in [9.17, 15) is 14.0 Å². The number of ether oxygens (including phenoxy) is 1. The molecule has 0 bridgehead atoms. The summed E-state index contributed by atoms with van der Waals surface area (Å²) in [6, 6.07) is 2.94. The predicted molar refractivity (Wildman–Crippen MR) is 102 cm³/mol. The molecule has 1 aliphatic heterocycles. The summed E-state index contributed by atoms with van der Waals surface area (Å²) in [5.41, 5.74) is 7.27. The Morgan fingerprint density at radius 1 is 1.30 bits per heavy atom. The smallest absolute Gasteiger partial charge is 0.410 e. The highest BCUT2D eigenvalue weighted by atomic mass is 19.1. The van der Waals surface area contributed by atoms with E-state index in [0.29, 0.717) is 35.0 Å². The molecule has 0 saturated heterocycles. The van der Waals surface area contributed by atoms with Crippen molar-refractivity contribution in [3.05, 3.63) is 40.8 Å². The molecule has 0 aliphatic carbocycles. The van der Waals surface area contributed by atoms with E-state index in [1.54, 1.807) is 31.7 Å². The number of nitrogens with zero attached hydrogens (tertiary/aromatic N) is 1. The van der Waals surface area contributed by atoms with Crippen molar-refractivity contribution in [3.63, 3.8) is 0 Å². The third kappa shape index (κ3) is 3.82. The fourth-order valence-electron chi connectivity index (χ4n) is 3.33. The number of hydrogen-bond donors (Lipinski definition) is 2. The van der Waals surface area contributed by atoms with Crippen LogP contribution in [0.1, 0.15) is 48.8 Å². The molecule has 7 heteroatoms. The highest BCUT2D eigenvalue weighted by Gasteiger charge is 2.27. The predicted octanol–water partition coefficient (Wildman–Crippen LogP) is 3.74. The lowest BCUT2D eigenvalue weighted by Gasteiger charge is -2.30. The number of rotatable bonds is 2. The zero-order valence-corrected chi connectivity index (χ0v) is 16.0. The van der Waals surface area contributed by atoms with Crippen molar-refractivity contribution in [2.24, 2.45) is 5.73 Å². The number of carbonyl (C=O) groups is 2. The molecule has 3 rings (SSSR count). The minimum Gasteiger partial charge on any atom is -0.444 e. The standard InChI is InChI=1S/C20H24FN3O3/c1-11-8-13-16(15(21)9-14(18(22)25)17(13)23-11)12-6-5-7-24(10-12)19(26)27-20(2,3)4/h6,8-9,23H,5,7,10H2,1-4H3,(H2,22,25). The minimum atomic E-state index is -0.694. The maximum Gasteiger partial charge on any atom is 0.410 e. The van der Waals surface area contributed by atoms with Gasteiger partial charge in [0, 0.05) is 29.7 Å². The third-order valence-electron chi connectivity index (χ3n) is 4.39. The Labute approximate surface area is 157 Å². The van der Waals surface area contributed by atoms with Gasteiger partial charge in [0.15, 0.2) is 0 Å². The van der Waals surface area contributed by atoms with Gasteiger partial charge in [-0.2, -0.15) is 0 Å². The Morgan fingerprint density at radius 3 is 2.63 bits per heavy atom. The summed E-state index contributed by atoms with van der Waals surface area (Å²) >= 11 is 0. The van der Waals surface area contributed by atoms with E-state index in [1.807, 2.05) is 13.0 Å². The van der Waals surface area contributed by atoms with Gasteiger partial charge in [-0.25, -0.2) is 9.18 Å². The van der Waals surface area contributed by atoms with Crippen molar-refractivity contribution in [2.75, 3.05) is 13.1 Å². The van der Waals surface area contributed by atoms with Crippen LogP contribution in [0, 0.1) is 12.7 Å². The number of benzene rings is 1. The molecule has 0 saturated carbocycles. The molecule has 0 radical (unpaired) electrons. The monoisotopic (exact) mass is 373 g/mol. The van der Waals surface area contributed by atoms with Crippen LogP contribution in [0.2, 0.25) is 0 Å². The molecule has 144 valence electrons. The number of hydrogen-bond acceptors (Lipinski definition) is 3. The van der Waals surface area contributed by atoms with Crippen LogP contribution in [0.3, 0.4) is 0 Å². The quantitative estimate of drug-likeness (QED) is 0.840. The molecule has 2 heterocycles. The lowest BCUT2D eigenvalue weighted by atomic mass is 9.95. The van der Waals surface area contributed by atoms with Gasteiger partial charge in [-0.1, -0.05) is 6.08 Å². The first-order valence-corrected chi connectivity index (χ1v) is 8.86. The van der Waals surface area contributed by atoms with Gasteiger partial charge in [0.1, 0.15) is 11.4 Å². The van der Waals surface area contributed by atoms with Crippen molar-refractivity contribution in [1.82, 2.24) is 9.88 Å². The summed E-state index contributed by atoms with van der Waals surface area (Å²) < 4.78 is 20.4. The molecular formula is C20H24FN3O3. The number of carbonyl (C=O) groups excluding carboxylic acids is 2. The van der Waals surface area contributed by atoms with E-state index in [1.165, 1.54) is 0 Å². The van der Waals surface area contributed by atoms with Gasteiger partial charge in [0.25, 0.3) is 5.91 Å². The maximum atomic E-state index is 14.9. The zero-order chi connectivity index (χ0) is 19.9. The van der Waals surface area contributed by atoms with E-state index in [-0.39, 0.29) is 12.1 Å². The largest absolute Gasteiger partial charge is 0.444 e. The second-order valence-corrected chi connectivity index (χ2v) is 7.81. The van der Waals surface area contributed by atoms with E-state index in [0.717, 1.165) is 11.8 Å². The van der Waals surface area contributed by atoms with Gasteiger partial charge in [-0.05, 0) is 51.8 Å². The Bertz CT molecular complexity index is 954. The SMILES string of the molecule is Cc1cc2c(C3=CCCN(C(=O)OC(C)(C)C)C3)c(F)cc(C(N)=O)c2[nH]1. The Kier molecular flexibility index (Phi) is 4.71. The summed E-state index contributed by atoms with van der Waals surface area (Å²) in [4.78, 5) is 28.7. The van der Waals surface area contributed by atoms with Crippen molar-refractivity contribution in [2.45, 2.75) is 39.7 Å². The van der Waals surface area contributed by atoms with Crippen LogP contribution in [0.4, 0.5) is 9.18 Å². The fraction of sp³-hybridized carbons (Fsp3) is 0.400. The Morgan fingerprint density at radius 2 is 2.00 bits per heavy atom. The first-order chi connectivity index (χ1) is 12.6. The molecular weight excluding hydrogens is 349 g/mol. The first kappa shape index (κ1) is 18.9. The molecule has 1 aromatic heterocycles. The normalized spacial score (nSPS) is 15.0. The van der Waals surface area contributed by atoms with Crippen molar-refractivity contribution >= 4 is 28.5 Å². The molecule has 3 N–H and O–H groups in total. The minimum absolute atomic E-state index is 0.111. The van der Waals surface area contributed by atoms with Crippen molar-refractivity contribution in [1.29, 1.82) is 0 Å². The molecule has 0 fully saturated rings. The summed E-state index contributed by atoms with van der Waals surface area (Å²) in [6.07, 6.45) is 2.09. The van der Waals surface area contributed by atoms with E-state index in [4.69, 9.17) is 10.5 Å². The number of nitrogens with two attached hydrogens (primary N) is 1. The lowest BCUT2D eigenvalue weighted by Crippen LogP contribution is -2.39. The van der Waals surface area contributed by atoms with Gasteiger partial charge in [0.05, 0.1) is 11.1 Å². The van der Waals surface area contributed by atoms with Gasteiger partial charge in [0.2, 0.25) is 0 Å². The number of halogens is 1. The van der Waals surface area contributed by atoms with Crippen LogP contribution in [0.15, 0.2) is 18.2 Å². The van der Waals surface area contributed by atoms with Gasteiger partial charge in [-0.3, -0.25) is 4.79 Å². The molecule has 1 aliphatic rings.